The van der Waals surface area contributed by atoms with Gasteiger partial charge in [-0.2, -0.15) is 0 Å². The Bertz CT molecular complexity index is 573. The number of aliphatic hydroxyl groups is 2. The maximum atomic E-state index is 10.8. The third-order valence-electron chi connectivity index (χ3n) is 10.9. The molecule has 4 rings (SSSR count). The summed E-state index contributed by atoms with van der Waals surface area (Å²) in [6.07, 6.45) is 13.3. The van der Waals surface area contributed by atoms with Crippen LogP contribution in [0.25, 0.3) is 0 Å². The van der Waals surface area contributed by atoms with Crippen molar-refractivity contribution < 1.29 is 10.2 Å². The van der Waals surface area contributed by atoms with Crippen LogP contribution in [0.15, 0.2) is 0 Å². The zero-order valence-corrected chi connectivity index (χ0v) is 19.9. The summed E-state index contributed by atoms with van der Waals surface area (Å²) in [4.78, 5) is 0. The average Bonchev–Trinajstić information content (AvgIpc) is 3.02. The summed E-state index contributed by atoms with van der Waals surface area (Å²) in [5, 5.41) is 21.0. The fraction of sp³-hybridized carbons (Fsp3) is 1.00. The van der Waals surface area contributed by atoms with E-state index in [1.807, 2.05) is 0 Å². The predicted octanol–water partition coefficient (Wildman–Crippen LogP) is 6.44. The Balaban J connectivity index is 1.48. The fourth-order valence-electron chi connectivity index (χ4n) is 9.34. The van der Waals surface area contributed by atoms with E-state index >= 15 is 0 Å². The van der Waals surface area contributed by atoms with Gasteiger partial charge in [0.25, 0.3) is 0 Å². The van der Waals surface area contributed by atoms with Gasteiger partial charge in [0, 0.05) is 0 Å². The summed E-state index contributed by atoms with van der Waals surface area (Å²) >= 11 is 0. The van der Waals surface area contributed by atoms with Crippen molar-refractivity contribution in [2.75, 3.05) is 0 Å². The molecule has 0 amide bonds. The third kappa shape index (κ3) is 3.63. The van der Waals surface area contributed by atoms with Crippen molar-refractivity contribution in [2.45, 2.75) is 117 Å². The number of hydrogen-bond donors (Lipinski definition) is 2. The molecule has 29 heavy (non-hydrogen) atoms. The molecule has 10 atom stereocenters. The van der Waals surface area contributed by atoms with Crippen LogP contribution in [0.3, 0.4) is 0 Å². The Labute approximate surface area is 180 Å². The smallest absolute Gasteiger partial charge is 0.0832 e. The lowest BCUT2D eigenvalue weighted by Gasteiger charge is -2.62. The van der Waals surface area contributed by atoms with Crippen molar-refractivity contribution >= 4 is 0 Å². The van der Waals surface area contributed by atoms with Crippen molar-refractivity contribution in [1.29, 1.82) is 0 Å². The van der Waals surface area contributed by atoms with E-state index in [4.69, 9.17) is 0 Å². The molecule has 0 unspecified atom stereocenters. The van der Waals surface area contributed by atoms with Gasteiger partial charge in [0.1, 0.15) is 0 Å². The maximum absolute atomic E-state index is 10.8. The van der Waals surface area contributed by atoms with E-state index in [2.05, 4.69) is 34.6 Å². The second kappa shape index (κ2) is 8.12. The van der Waals surface area contributed by atoms with Gasteiger partial charge in [-0.25, -0.2) is 0 Å². The first-order chi connectivity index (χ1) is 13.7. The van der Waals surface area contributed by atoms with Crippen LogP contribution in [-0.2, 0) is 0 Å². The Hall–Kier alpha value is -0.0800. The highest BCUT2D eigenvalue weighted by Crippen LogP contribution is 2.68. The zero-order valence-electron chi connectivity index (χ0n) is 19.9. The molecule has 4 saturated carbocycles. The van der Waals surface area contributed by atoms with E-state index < -0.39 is 12.2 Å². The highest BCUT2D eigenvalue weighted by atomic mass is 16.3. The van der Waals surface area contributed by atoms with Crippen molar-refractivity contribution in [3.05, 3.63) is 0 Å². The molecule has 0 aromatic carbocycles. The molecule has 0 spiro atoms. The molecule has 0 bridgehead atoms. The topological polar surface area (TPSA) is 40.5 Å². The maximum Gasteiger partial charge on any atom is 0.0832 e. The normalized spacial score (nSPS) is 50.7. The molecule has 2 nitrogen and oxygen atoms in total. The van der Waals surface area contributed by atoms with Gasteiger partial charge >= 0.3 is 0 Å². The van der Waals surface area contributed by atoms with E-state index in [1.165, 1.54) is 51.4 Å². The third-order valence-corrected chi connectivity index (χ3v) is 10.9. The number of hydrogen-bond acceptors (Lipinski definition) is 2. The van der Waals surface area contributed by atoms with Gasteiger partial charge in [-0.3, -0.25) is 0 Å². The summed E-state index contributed by atoms with van der Waals surface area (Å²) in [6.45, 7) is 12.4. The summed E-state index contributed by atoms with van der Waals surface area (Å²) < 4.78 is 0. The van der Waals surface area contributed by atoms with Crippen LogP contribution in [0.2, 0.25) is 0 Å². The lowest BCUT2D eigenvalue weighted by atomic mass is 9.44. The zero-order chi connectivity index (χ0) is 21.0. The standard InChI is InChI=1S/C27H48O2/c1-17(2)7-6-8-18(3)20-11-12-21-19-9-10-23-25(29)24(28)14-16-27(23,5)22(19)13-15-26(20,21)4/h17-25,28-29H,6-16H2,1-5H3/t18-,19+,20-,21+,22+,23+,24+,25+,26-,27-/m1/s1. The molecule has 2 N–H and O–H groups in total. The minimum atomic E-state index is -0.486. The average molecular weight is 405 g/mol. The van der Waals surface area contributed by atoms with Crippen molar-refractivity contribution in [1.82, 2.24) is 0 Å². The summed E-state index contributed by atoms with van der Waals surface area (Å²) in [5.41, 5.74) is 0.804. The summed E-state index contributed by atoms with van der Waals surface area (Å²) in [7, 11) is 0. The lowest BCUT2D eigenvalue weighted by molar-refractivity contribution is -0.174. The second-order valence-corrected chi connectivity index (χ2v) is 12.7. The molecule has 0 saturated heterocycles. The van der Waals surface area contributed by atoms with E-state index in [1.54, 1.807) is 0 Å². The monoisotopic (exact) mass is 404 g/mol. The molecular weight excluding hydrogens is 356 g/mol. The molecule has 0 aromatic heterocycles. The fourth-order valence-corrected chi connectivity index (χ4v) is 9.34. The van der Waals surface area contributed by atoms with Gasteiger partial charge in [0.2, 0.25) is 0 Å². The molecule has 168 valence electrons. The quantitative estimate of drug-likeness (QED) is 0.553. The van der Waals surface area contributed by atoms with Crippen LogP contribution in [0.5, 0.6) is 0 Å². The van der Waals surface area contributed by atoms with Gasteiger partial charge in [-0.05, 0) is 104 Å². The molecule has 2 heteroatoms. The summed E-state index contributed by atoms with van der Waals surface area (Å²) in [5.74, 6) is 5.50. The first kappa shape index (κ1) is 22.1. The number of rotatable bonds is 5. The molecule has 0 aromatic rings. The van der Waals surface area contributed by atoms with Crippen molar-refractivity contribution in [3.8, 4) is 0 Å². The van der Waals surface area contributed by atoms with Crippen molar-refractivity contribution in [3.63, 3.8) is 0 Å². The van der Waals surface area contributed by atoms with E-state index in [9.17, 15) is 10.2 Å². The molecule has 4 aliphatic rings. The Morgan fingerprint density at radius 2 is 1.41 bits per heavy atom. The van der Waals surface area contributed by atoms with Crippen LogP contribution in [0, 0.1) is 52.3 Å². The molecule has 4 aliphatic carbocycles. The second-order valence-electron chi connectivity index (χ2n) is 12.7. The van der Waals surface area contributed by atoms with E-state index in [0.717, 1.165) is 54.8 Å². The Morgan fingerprint density at radius 1 is 0.759 bits per heavy atom. The van der Waals surface area contributed by atoms with Crippen LogP contribution in [-0.4, -0.2) is 22.4 Å². The van der Waals surface area contributed by atoms with Crippen LogP contribution < -0.4 is 0 Å². The first-order valence-corrected chi connectivity index (χ1v) is 13.0. The molecular formula is C27H48O2. The SMILES string of the molecule is CC(C)CCC[C@@H](C)[C@H]1CC[C@H]2[C@@H]3CC[C@H]4[C@H](O)[C@@H](O)CC[C@]4(C)[C@H]3CC[C@]12C. The minimum Gasteiger partial charge on any atom is -0.390 e. The van der Waals surface area contributed by atoms with Crippen molar-refractivity contribution in [2.24, 2.45) is 52.3 Å². The van der Waals surface area contributed by atoms with E-state index in [0.29, 0.717) is 11.3 Å². The Kier molecular flexibility index (Phi) is 6.19. The van der Waals surface area contributed by atoms with Crippen LogP contribution in [0.1, 0.15) is 105 Å². The van der Waals surface area contributed by atoms with Gasteiger partial charge in [0.15, 0.2) is 0 Å². The highest BCUT2D eigenvalue weighted by molar-refractivity contribution is 5.11. The first-order valence-electron chi connectivity index (χ1n) is 13.0. The predicted molar refractivity (Wildman–Crippen MR) is 120 cm³/mol. The molecule has 0 radical (unpaired) electrons. The molecule has 0 aliphatic heterocycles. The number of fused-ring (bicyclic) bond motifs is 5. The van der Waals surface area contributed by atoms with Gasteiger partial charge in [-0.1, -0.05) is 53.9 Å². The highest BCUT2D eigenvalue weighted by Gasteiger charge is 2.61. The van der Waals surface area contributed by atoms with Gasteiger partial charge in [0.05, 0.1) is 12.2 Å². The van der Waals surface area contributed by atoms with Crippen LogP contribution >= 0.6 is 0 Å². The summed E-state index contributed by atoms with van der Waals surface area (Å²) in [6, 6.07) is 0. The van der Waals surface area contributed by atoms with Crippen LogP contribution in [0.4, 0.5) is 0 Å². The van der Waals surface area contributed by atoms with E-state index in [-0.39, 0.29) is 5.41 Å². The van der Waals surface area contributed by atoms with Gasteiger partial charge in [-0.15, -0.1) is 0 Å². The molecule has 0 heterocycles. The lowest BCUT2D eigenvalue weighted by Crippen LogP contribution is -2.58. The largest absolute Gasteiger partial charge is 0.390 e. The van der Waals surface area contributed by atoms with Gasteiger partial charge < -0.3 is 10.2 Å². The molecule has 4 fully saturated rings. The number of aliphatic hydroxyl groups excluding tert-OH is 2. The minimum absolute atomic E-state index is 0.254. The Morgan fingerprint density at radius 3 is 2.14 bits per heavy atom.